The quantitative estimate of drug-likeness (QED) is 0.793. The zero-order chi connectivity index (χ0) is 16.9. The van der Waals surface area contributed by atoms with E-state index in [2.05, 4.69) is 4.98 Å². The molecule has 0 saturated carbocycles. The molecule has 23 heavy (non-hydrogen) atoms. The van der Waals surface area contributed by atoms with Crippen molar-refractivity contribution in [1.82, 2.24) is 9.29 Å². The van der Waals surface area contributed by atoms with Crippen LogP contribution in [0, 0.1) is 6.92 Å². The normalized spacial score (nSPS) is 25.0. The fourth-order valence-corrected chi connectivity index (χ4v) is 6.16. The van der Waals surface area contributed by atoms with Crippen molar-refractivity contribution in [3.05, 3.63) is 16.1 Å². The maximum atomic E-state index is 12.5. The highest BCUT2D eigenvalue weighted by atomic mass is 32.2. The molecule has 0 bridgehead atoms. The summed E-state index contributed by atoms with van der Waals surface area (Å²) in [4.78, 5) is 4.29. The number of thiazole rings is 1. The minimum Gasteiger partial charge on any atom is -0.371 e. The van der Waals surface area contributed by atoms with Gasteiger partial charge in [-0.1, -0.05) is 0 Å². The van der Waals surface area contributed by atoms with Crippen LogP contribution in [-0.4, -0.2) is 52.9 Å². The number of aromatic nitrogens is 1. The van der Waals surface area contributed by atoms with E-state index in [-0.39, 0.29) is 19.2 Å². The van der Waals surface area contributed by atoms with Gasteiger partial charge in [-0.2, -0.15) is 17.5 Å². The Balaban J connectivity index is 1.51. The van der Waals surface area contributed by atoms with E-state index in [0.717, 1.165) is 10.7 Å². The van der Waals surface area contributed by atoms with Crippen LogP contribution in [-0.2, 0) is 21.4 Å². The highest BCUT2D eigenvalue weighted by Crippen LogP contribution is 2.48. The monoisotopic (exact) mass is 388 g/mol. The lowest BCUT2D eigenvalue weighted by molar-refractivity contribution is -0.0521. The van der Waals surface area contributed by atoms with Crippen molar-refractivity contribution in [2.45, 2.75) is 36.3 Å². The average molecular weight is 388 g/mol. The smallest absolute Gasteiger partial charge is 0.371 e. The van der Waals surface area contributed by atoms with Crippen LogP contribution in [0.1, 0.15) is 17.1 Å². The first-order valence-corrected chi connectivity index (χ1v) is 10.1. The molecule has 1 aromatic rings. The number of thioether (sulfide) groups is 1. The molecule has 0 unspecified atom stereocenters. The third-order valence-electron chi connectivity index (χ3n) is 3.87. The fraction of sp³-hybridized carbons (Fsp3) is 0.750. The van der Waals surface area contributed by atoms with Crippen molar-refractivity contribution in [2.24, 2.45) is 0 Å². The van der Waals surface area contributed by atoms with Gasteiger partial charge in [0.1, 0.15) is 0 Å². The number of halogens is 3. The van der Waals surface area contributed by atoms with Crippen LogP contribution < -0.4 is 0 Å². The Kier molecular flexibility index (Phi) is 4.45. The van der Waals surface area contributed by atoms with Crippen LogP contribution in [0.3, 0.4) is 0 Å². The zero-order valence-corrected chi connectivity index (χ0v) is 14.6. The maximum absolute atomic E-state index is 12.5. The Bertz CT molecular complexity index is 683. The Morgan fingerprint density at radius 3 is 2.74 bits per heavy atom. The van der Waals surface area contributed by atoms with Crippen LogP contribution in [0.4, 0.5) is 13.2 Å². The van der Waals surface area contributed by atoms with Crippen LogP contribution in [0.15, 0.2) is 5.38 Å². The number of rotatable bonds is 4. The molecule has 2 aliphatic rings. The third kappa shape index (κ3) is 3.39. The predicted octanol–water partition coefficient (Wildman–Crippen LogP) is 2.38. The van der Waals surface area contributed by atoms with Crippen molar-refractivity contribution in [3.8, 4) is 0 Å². The van der Waals surface area contributed by atoms with Crippen molar-refractivity contribution >= 4 is 33.1 Å². The second-order valence-electron chi connectivity index (χ2n) is 5.71. The summed E-state index contributed by atoms with van der Waals surface area (Å²) in [5.41, 5.74) is -4.38. The van der Waals surface area contributed by atoms with Gasteiger partial charge in [0.15, 0.2) is 0 Å². The molecule has 2 saturated heterocycles. The number of alkyl halides is 3. The Hall–Kier alpha value is -0.360. The summed E-state index contributed by atoms with van der Waals surface area (Å²) in [6.45, 7) is 2.07. The highest BCUT2D eigenvalue weighted by molar-refractivity contribution is 8.01. The second kappa shape index (κ2) is 5.87. The Labute approximate surface area is 140 Å². The number of hydrogen-bond donors (Lipinski definition) is 0. The molecule has 11 heteroatoms. The molecule has 1 aromatic heterocycles. The molecule has 0 radical (unpaired) electrons. The van der Waals surface area contributed by atoms with Gasteiger partial charge < -0.3 is 4.74 Å². The molecule has 0 aliphatic carbocycles. The van der Waals surface area contributed by atoms with E-state index in [1.54, 1.807) is 0 Å². The van der Waals surface area contributed by atoms with Crippen LogP contribution in [0.25, 0.3) is 0 Å². The molecule has 1 spiro atoms. The second-order valence-corrected chi connectivity index (χ2v) is 10.2. The lowest BCUT2D eigenvalue weighted by atomic mass is 9.95. The molecule has 130 valence electrons. The lowest BCUT2D eigenvalue weighted by Crippen LogP contribution is -2.62. The van der Waals surface area contributed by atoms with Gasteiger partial charge in [0.2, 0.25) is 0 Å². The van der Waals surface area contributed by atoms with E-state index in [0.29, 0.717) is 23.1 Å². The topological polar surface area (TPSA) is 59.5 Å². The van der Waals surface area contributed by atoms with Crippen LogP contribution in [0.2, 0.25) is 0 Å². The van der Waals surface area contributed by atoms with E-state index in [9.17, 15) is 21.6 Å². The van der Waals surface area contributed by atoms with E-state index in [4.69, 9.17) is 4.74 Å². The van der Waals surface area contributed by atoms with Crippen LogP contribution in [0.5, 0.6) is 0 Å². The van der Waals surface area contributed by atoms with Gasteiger partial charge in [-0.25, -0.2) is 13.4 Å². The van der Waals surface area contributed by atoms with Crippen molar-refractivity contribution in [3.63, 3.8) is 0 Å². The van der Waals surface area contributed by atoms with Gasteiger partial charge in [0, 0.05) is 29.0 Å². The minimum atomic E-state index is -5.23. The Morgan fingerprint density at radius 1 is 1.48 bits per heavy atom. The van der Waals surface area contributed by atoms with Gasteiger partial charge in [-0.15, -0.1) is 23.1 Å². The summed E-state index contributed by atoms with van der Waals surface area (Å²) < 4.78 is 66.0. The van der Waals surface area contributed by atoms with E-state index >= 15 is 0 Å². The van der Waals surface area contributed by atoms with E-state index in [1.807, 2.05) is 12.3 Å². The summed E-state index contributed by atoms with van der Waals surface area (Å²) >= 11 is 3.03. The number of sulfonamides is 1. The molecule has 2 aliphatic heterocycles. The average Bonchev–Trinajstić information content (AvgIpc) is 2.99. The van der Waals surface area contributed by atoms with Crippen molar-refractivity contribution in [1.29, 1.82) is 0 Å². The predicted molar refractivity (Wildman–Crippen MR) is 81.8 cm³/mol. The molecule has 2 fully saturated rings. The Morgan fingerprint density at radius 2 is 2.17 bits per heavy atom. The SMILES string of the molecule is Cc1nc(CO[C@@H]2CSC3(C2)CN(S(=O)(=O)C(F)(F)F)C3)cs1. The first kappa shape index (κ1) is 17.5. The minimum absolute atomic E-state index is 0.0854. The highest BCUT2D eigenvalue weighted by Gasteiger charge is 2.59. The lowest BCUT2D eigenvalue weighted by Gasteiger charge is -2.46. The summed E-state index contributed by atoms with van der Waals surface area (Å²) in [5.74, 6) is 0.656. The van der Waals surface area contributed by atoms with E-state index < -0.39 is 20.3 Å². The standard InChI is InChI=1S/C12H15F3N2O3S3/c1-8-16-9(4-21-8)3-20-10-2-11(22-5-10)6-17(7-11)23(18,19)12(13,14)15/h4,10H,2-3,5-7H2,1H3/t10-/m0/s1. The van der Waals surface area contributed by atoms with Gasteiger partial charge in [-0.05, 0) is 13.3 Å². The molecule has 0 amide bonds. The number of ether oxygens (including phenoxy) is 1. The van der Waals surface area contributed by atoms with Gasteiger partial charge >= 0.3 is 15.5 Å². The molecule has 1 atom stereocenters. The summed E-state index contributed by atoms with van der Waals surface area (Å²) in [6, 6.07) is 0. The van der Waals surface area contributed by atoms with Gasteiger partial charge in [0.05, 0.1) is 23.4 Å². The molecule has 0 N–H and O–H groups in total. The molecule has 0 aromatic carbocycles. The third-order valence-corrected chi connectivity index (χ3v) is 7.79. The molecule has 5 nitrogen and oxygen atoms in total. The summed E-state index contributed by atoms with van der Waals surface area (Å²) in [5, 5.41) is 2.86. The first-order valence-electron chi connectivity index (χ1n) is 6.84. The number of nitrogens with zero attached hydrogens (tertiary/aromatic N) is 2. The largest absolute Gasteiger partial charge is 0.511 e. The zero-order valence-electron chi connectivity index (χ0n) is 12.2. The number of hydrogen-bond acceptors (Lipinski definition) is 6. The van der Waals surface area contributed by atoms with Gasteiger partial charge in [-0.3, -0.25) is 0 Å². The molecule has 3 heterocycles. The molecular formula is C12H15F3N2O3S3. The van der Waals surface area contributed by atoms with Crippen molar-refractivity contribution < 1.29 is 26.3 Å². The molecule has 3 rings (SSSR count). The van der Waals surface area contributed by atoms with Crippen molar-refractivity contribution in [2.75, 3.05) is 18.8 Å². The number of aryl methyl sites for hydroxylation is 1. The van der Waals surface area contributed by atoms with Gasteiger partial charge in [0.25, 0.3) is 0 Å². The summed E-state index contributed by atoms with van der Waals surface area (Å²) in [7, 11) is -5.20. The molecular weight excluding hydrogens is 373 g/mol. The fourth-order valence-electron chi connectivity index (χ4n) is 2.72. The first-order chi connectivity index (χ1) is 10.6. The maximum Gasteiger partial charge on any atom is 0.511 e. The van der Waals surface area contributed by atoms with E-state index in [1.165, 1.54) is 23.1 Å². The summed E-state index contributed by atoms with van der Waals surface area (Å²) in [6.07, 6.45) is 0.475. The van der Waals surface area contributed by atoms with Crippen LogP contribution >= 0.6 is 23.1 Å².